The molecule has 0 aliphatic heterocycles. The SMILES string of the molecule is CCCCNC(=O)C(CC)N(Cc1ccccc1Cl)C(=O)CN(c1ccc(F)cc1)S(=O)(=O)c1ccc(C)cc1. The number of amides is 2. The molecular weight excluding hydrogens is 553 g/mol. The highest BCUT2D eigenvalue weighted by molar-refractivity contribution is 7.92. The van der Waals surface area contributed by atoms with Gasteiger partial charge in [0.15, 0.2) is 0 Å². The number of anilines is 1. The van der Waals surface area contributed by atoms with Crippen LogP contribution in [-0.2, 0) is 26.2 Å². The summed E-state index contributed by atoms with van der Waals surface area (Å²) < 4.78 is 42.3. The molecule has 0 saturated heterocycles. The van der Waals surface area contributed by atoms with Gasteiger partial charge >= 0.3 is 0 Å². The zero-order valence-corrected chi connectivity index (χ0v) is 24.5. The first-order chi connectivity index (χ1) is 19.1. The van der Waals surface area contributed by atoms with Crippen LogP contribution in [0, 0.1) is 12.7 Å². The highest BCUT2D eigenvalue weighted by Gasteiger charge is 2.33. The Hall–Kier alpha value is -3.43. The van der Waals surface area contributed by atoms with E-state index in [1.165, 1.54) is 29.2 Å². The molecular formula is C30H35ClFN3O4S. The van der Waals surface area contributed by atoms with Crippen LogP contribution in [0.15, 0.2) is 77.7 Å². The van der Waals surface area contributed by atoms with Crippen LogP contribution >= 0.6 is 11.6 Å². The van der Waals surface area contributed by atoms with E-state index in [0.717, 1.165) is 34.8 Å². The third-order valence-corrected chi connectivity index (χ3v) is 8.67. The van der Waals surface area contributed by atoms with Crippen LogP contribution in [0.25, 0.3) is 0 Å². The van der Waals surface area contributed by atoms with E-state index in [1.807, 2.05) is 13.8 Å². The monoisotopic (exact) mass is 587 g/mol. The number of carbonyl (C=O) groups excluding carboxylic acids is 2. The predicted molar refractivity (Wildman–Crippen MR) is 156 cm³/mol. The van der Waals surface area contributed by atoms with Crippen LogP contribution in [0.1, 0.15) is 44.2 Å². The third-order valence-electron chi connectivity index (χ3n) is 6.52. The second-order valence-corrected chi connectivity index (χ2v) is 11.8. The third kappa shape index (κ3) is 7.82. The number of halogens is 2. The summed E-state index contributed by atoms with van der Waals surface area (Å²) in [6.07, 6.45) is 1.98. The molecule has 0 heterocycles. The fourth-order valence-corrected chi connectivity index (χ4v) is 5.82. The average Bonchev–Trinajstić information content (AvgIpc) is 2.93. The van der Waals surface area contributed by atoms with Crippen LogP contribution < -0.4 is 9.62 Å². The molecule has 3 aromatic rings. The lowest BCUT2D eigenvalue weighted by Gasteiger charge is -2.33. The Morgan fingerprint density at radius 2 is 1.62 bits per heavy atom. The maximum atomic E-state index is 14.0. The Bertz CT molecular complexity index is 1400. The maximum absolute atomic E-state index is 14.0. The van der Waals surface area contributed by atoms with Crippen molar-refractivity contribution in [2.75, 3.05) is 17.4 Å². The molecule has 1 unspecified atom stereocenters. The smallest absolute Gasteiger partial charge is 0.264 e. The van der Waals surface area contributed by atoms with Gasteiger partial charge in [0.25, 0.3) is 10.0 Å². The molecule has 0 saturated carbocycles. The largest absolute Gasteiger partial charge is 0.354 e. The van der Waals surface area contributed by atoms with Gasteiger partial charge < -0.3 is 10.2 Å². The lowest BCUT2D eigenvalue weighted by atomic mass is 10.1. The molecule has 3 rings (SSSR count). The molecule has 2 amide bonds. The van der Waals surface area contributed by atoms with Gasteiger partial charge in [-0.15, -0.1) is 0 Å². The highest BCUT2D eigenvalue weighted by atomic mass is 35.5. The van der Waals surface area contributed by atoms with Gasteiger partial charge in [0.1, 0.15) is 18.4 Å². The zero-order chi connectivity index (χ0) is 29.3. The normalized spacial score (nSPS) is 12.0. The van der Waals surface area contributed by atoms with Gasteiger partial charge in [-0.25, -0.2) is 12.8 Å². The van der Waals surface area contributed by atoms with Crippen LogP contribution in [0.2, 0.25) is 5.02 Å². The Kier molecular flexibility index (Phi) is 11.1. The number of aryl methyl sites for hydroxylation is 1. The van der Waals surface area contributed by atoms with E-state index in [2.05, 4.69) is 5.32 Å². The molecule has 0 aromatic heterocycles. The molecule has 7 nitrogen and oxygen atoms in total. The summed E-state index contributed by atoms with van der Waals surface area (Å²) in [7, 11) is -4.23. The lowest BCUT2D eigenvalue weighted by Crippen LogP contribution is -2.52. The first kappa shape index (κ1) is 31.1. The molecule has 1 N–H and O–H groups in total. The quantitative estimate of drug-likeness (QED) is 0.260. The maximum Gasteiger partial charge on any atom is 0.264 e. The summed E-state index contributed by atoms with van der Waals surface area (Å²) in [5.74, 6) is -1.47. The second-order valence-electron chi connectivity index (χ2n) is 9.48. The van der Waals surface area contributed by atoms with Crippen molar-refractivity contribution in [3.05, 3.63) is 94.8 Å². The predicted octanol–water partition coefficient (Wildman–Crippen LogP) is 5.71. The first-order valence-electron chi connectivity index (χ1n) is 13.2. The number of hydrogen-bond donors (Lipinski definition) is 1. The van der Waals surface area contributed by atoms with Crippen LogP contribution in [0.3, 0.4) is 0 Å². The Balaban J connectivity index is 2.04. The highest BCUT2D eigenvalue weighted by Crippen LogP contribution is 2.26. The summed E-state index contributed by atoms with van der Waals surface area (Å²) in [5, 5.41) is 3.30. The van der Waals surface area contributed by atoms with Crippen molar-refractivity contribution >= 4 is 39.1 Å². The summed E-state index contributed by atoms with van der Waals surface area (Å²) >= 11 is 6.40. The molecule has 10 heteroatoms. The van der Waals surface area contributed by atoms with Gasteiger partial charge in [0, 0.05) is 18.1 Å². The number of sulfonamides is 1. The molecule has 0 spiro atoms. The molecule has 0 aliphatic carbocycles. The van der Waals surface area contributed by atoms with Crippen LogP contribution in [-0.4, -0.2) is 44.3 Å². The fraction of sp³-hybridized carbons (Fsp3) is 0.333. The molecule has 214 valence electrons. The van der Waals surface area contributed by atoms with Crippen molar-refractivity contribution in [3.8, 4) is 0 Å². The number of hydrogen-bond acceptors (Lipinski definition) is 4. The van der Waals surface area contributed by atoms with E-state index in [-0.39, 0.29) is 23.0 Å². The van der Waals surface area contributed by atoms with Crippen molar-refractivity contribution in [1.29, 1.82) is 0 Å². The number of nitrogens with zero attached hydrogens (tertiary/aromatic N) is 2. The summed E-state index contributed by atoms with van der Waals surface area (Å²) in [5.41, 5.74) is 1.61. The summed E-state index contributed by atoms with van der Waals surface area (Å²) in [4.78, 5) is 28.5. The van der Waals surface area contributed by atoms with Crippen molar-refractivity contribution < 1.29 is 22.4 Å². The average molecular weight is 588 g/mol. The van der Waals surface area contributed by atoms with Crippen molar-refractivity contribution in [1.82, 2.24) is 10.2 Å². The van der Waals surface area contributed by atoms with Gasteiger partial charge in [-0.1, -0.05) is 67.8 Å². The fourth-order valence-electron chi connectivity index (χ4n) is 4.21. The van der Waals surface area contributed by atoms with E-state index in [9.17, 15) is 22.4 Å². The van der Waals surface area contributed by atoms with Crippen LogP contribution in [0.4, 0.5) is 10.1 Å². The lowest BCUT2D eigenvalue weighted by molar-refractivity contribution is -0.140. The van der Waals surface area contributed by atoms with Crippen LogP contribution in [0.5, 0.6) is 0 Å². The molecule has 0 bridgehead atoms. The minimum atomic E-state index is -4.23. The Morgan fingerprint density at radius 3 is 2.23 bits per heavy atom. The second kappa shape index (κ2) is 14.3. The van der Waals surface area contributed by atoms with E-state index >= 15 is 0 Å². The minimum Gasteiger partial charge on any atom is -0.354 e. The summed E-state index contributed by atoms with van der Waals surface area (Å²) in [6.45, 7) is 5.49. The zero-order valence-electron chi connectivity index (χ0n) is 22.9. The summed E-state index contributed by atoms with van der Waals surface area (Å²) in [6, 6.07) is 17.2. The first-order valence-corrected chi connectivity index (χ1v) is 15.1. The molecule has 0 fully saturated rings. The van der Waals surface area contributed by atoms with E-state index in [4.69, 9.17) is 11.6 Å². The Labute approximate surface area is 241 Å². The molecule has 1 atom stereocenters. The van der Waals surface area contributed by atoms with Gasteiger partial charge in [-0.3, -0.25) is 13.9 Å². The van der Waals surface area contributed by atoms with E-state index in [1.54, 1.807) is 43.3 Å². The van der Waals surface area contributed by atoms with Crippen molar-refractivity contribution in [2.45, 2.75) is 57.5 Å². The van der Waals surface area contributed by atoms with Gasteiger partial charge in [0.05, 0.1) is 10.6 Å². The van der Waals surface area contributed by atoms with Crippen molar-refractivity contribution in [2.24, 2.45) is 0 Å². The standard InChI is InChI=1S/C30H35ClFN3O4S/c1-4-6-19-33-30(37)28(5-2)34(20-23-9-7-8-10-27(23)31)29(36)21-35(25-15-13-24(32)14-16-25)40(38,39)26-17-11-22(3)12-18-26/h7-18,28H,4-6,19-21H2,1-3H3,(H,33,37). The Morgan fingerprint density at radius 1 is 0.975 bits per heavy atom. The number of benzene rings is 3. The van der Waals surface area contributed by atoms with E-state index < -0.39 is 34.3 Å². The number of carbonyl (C=O) groups is 2. The molecule has 40 heavy (non-hydrogen) atoms. The van der Waals surface area contributed by atoms with E-state index in [0.29, 0.717) is 23.6 Å². The molecule has 0 radical (unpaired) electrons. The number of rotatable bonds is 13. The molecule has 3 aromatic carbocycles. The van der Waals surface area contributed by atoms with Gasteiger partial charge in [-0.2, -0.15) is 0 Å². The minimum absolute atomic E-state index is 0.0000479. The topological polar surface area (TPSA) is 86.8 Å². The van der Waals surface area contributed by atoms with Crippen molar-refractivity contribution in [3.63, 3.8) is 0 Å². The van der Waals surface area contributed by atoms with Gasteiger partial charge in [0.2, 0.25) is 11.8 Å². The van der Waals surface area contributed by atoms with Gasteiger partial charge in [-0.05, 0) is 67.8 Å². The molecule has 0 aliphatic rings. The number of unbranched alkanes of at least 4 members (excludes halogenated alkanes) is 1. The number of nitrogens with one attached hydrogen (secondary N) is 1.